The summed E-state index contributed by atoms with van der Waals surface area (Å²) in [6, 6.07) is 19.0. The lowest BCUT2D eigenvalue weighted by Crippen LogP contribution is -2.20. The fraction of sp³-hybridized carbons (Fsp3) is 0.143. The fourth-order valence-electron chi connectivity index (χ4n) is 2.43. The van der Waals surface area contributed by atoms with Crippen LogP contribution < -0.4 is 15.4 Å². The van der Waals surface area contributed by atoms with Crippen LogP contribution in [0.1, 0.15) is 11.1 Å². The minimum atomic E-state index is -0.231. The summed E-state index contributed by atoms with van der Waals surface area (Å²) in [7, 11) is 0. The van der Waals surface area contributed by atoms with Crippen LogP contribution in [0.2, 0.25) is 0 Å². The average molecular weight is 347 g/mol. The molecule has 0 aliphatic heterocycles. The Balaban J connectivity index is 1.55. The molecule has 0 unspecified atom stereocenters. The molecule has 0 radical (unpaired) electrons. The standard InChI is InChI=1S/C21H21N3O2/c1-15-7-6-10-19(16(15)2)24-20-12-11-17(13-22-20)23-21(25)14-26-18-8-4-3-5-9-18/h3-13H,14H2,1-2H3,(H,22,24)(H,23,25). The van der Waals surface area contributed by atoms with Crippen LogP contribution in [-0.4, -0.2) is 17.5 Å². The third-order valence-electron chi connectivity index (χ3n) is 4.03. The van der Waals surface area contributed by atoms with Gasteiger partial charge in [0.15, 0.2) is 6.61 Å². The SMILES string of the molecule is Cc1cccc(Nc2ccc(NC(=O)COc3ccccc3)cn2)c1C. The lowest BCUT2D eigenvalue weighted by Gasteiger charge is -2.11. The van der Waals surface area contributed by atoms with Gasteiger partial charge in [-0.1, -0.05) is 30.3 Å². The van der Waals surface area contributed by atoms with E-state index in [9.17, 15) is 4.79 Å². The number of anilines is 3. The van der Waals surface area contributed by atoms with Gasteiger partial charge in [-0.2, -0.15) is 0 Å². The molecule has 0 spiro atoms. The van der Waals surface area contributed by atoms with Gasteiger partial charge in [0.25, 0.3) is 5.91 Å². The van der Waals surface area contributed by atoms with Gasteiger partial charge in [-0.25, -0.2) is 4.98 Å². The van der Waals surface area contributed by atoms with Gasteiger partial charge >= 0.3 is 0 Å². The Morgan fingerprint density at radius 2 is 1.81 bits per heavy atom. The van der Waals surface area contributed by atoms with E-state index in [2.05, 4.69) is 35.5 Å². The van der Waals surface area contributed by atoms with E-state index < -0.39 is 0 Å². The Morgan fingerprint density at radius 3 is 2.54 bits per heavy atom. The van der Waals surface area contributed by atoms with Crippen molar-refractivity contribution in [2.24, 2.45) is 0 Å². The number of rotatable bonds is 6. The van der Waals surface area contributed by atoms with Gasteiger partial charge in [0.1, 0.15) is 11.6 Å². The third-order valence-corrected chi connectivity index (χ3v) is 4.03. The fourth-order valence-corrected chi connectivity index (χ4v) is 2.43. The molecule has 5 nitrogen and oxygen atoms in total. The van der Waals surface area contributed by atoms with Crippen LogP contribution in [0.3, 0.4) is 0 Å². The summed E-state index contributed by atoms with van der Waals surface area (Å²) < 4.78 is 5.42. The van der Waals surface area contributed by atoms with E-state index >= 15 is 0 Å². The number of benzene rings is 2. The van der Waals surface area contributed by atoms with Gasteiger partial charge in [-0.05, 0) is 55.3 Å². The molecule has 5 heteroatoms. The van der Waals surface area contributed by atoms with Crippen LogP contribution in [0.15, 0.2) is 66.9 Å². The molecule has 0 saturated heterocycles. The molecule has 132 valence electrons. The van der Waals surface area contributed by atoms with Crippen molar-refractivity contribution in [3.05, 3.63) is 78.0 Å². The van der Waals surface area contributed by atoms with Crippen LogP contribution in [0.5, 0.6) is 5.75 Å². The van der Waals surface area contributed by atoms with Gasteiger partial charge in [0.2, 0.25) is 0 Å². The summed E-state index contributed by atoms with van der Waals surface area (Å²) in [6.45, 7) is 4.09. The molecule has 0 aliphatic rings. The molecule has 0 bridgehead atoms. The van der Waals surface area contributed by atoms with Gasteiger partial charge in [-0.3, -0.25) is 4.79 Å². The quantitative estimate of drug-likeness (QED) is 0.691. The van der Waals surface area contributed by atoms with Crippen molar-refractivity contribution < 1.29 is 9.53 Å². The van der Waals surface area contributed by atoms with Gasteiger partial charge < -0.3 is 15.4 Å². The molecule has 3 aromatic rings. The normalized spacial score (nSPS) is 10.2. The maximum Gasteiger partial charge on any atom is 0.262 e. The number of aromatic nitrogens is 1. The van der Waals surface area contributed by atoms with Gasteiger partial charge in [0, 0.05) is 5.69 Å². The maximum absolute atomic E-state index is 12.0. The summed E-state index contributed by atoms with van der Waals surface area (Å²) in [6.07, 6.45) is 1.62. The molecule has 3 rings (SSSR count). The largest absolute Gasteiger partial charge is 0.484 e. The minimum Gasteiger partial charge on any atom is -0.484 e. The van der Waals surface area contributed by atoms with E-state index in [4.69, 9.17) is 4.74 Å². The number of ether oxygens (including phenoxy) is 1. The summed E-state index contributed by atoms with van der Waals surface area (Å²) >= 11 is 0. The summed E-state index contributed by atoms with van der Waals surface area (Å²) in [5.41, 5.74) is 4.05. The number of carbonyl (C=O) groups excluding carboxylic acids is 1. The molecular formula is C21H21N3O2. The molecule has 2 N–H and O–H groups in total. The molecule has 0 atom stereocenters. The van der Waals surface area contributed by atoms with Crippen molar-refractivity contribution >= 4 is 23.1 Å². The van der Waals surface area contributed by atoms with Crippen molar-refractivity contribution in [2.45, 2.75) is 13.8 Å². The zero-order valence-electron chi connectivity index (χ0n) is 14.8. The van der Waals surface area contributed by atoms with Crippen molar-refractivity contribution in [1.82, 2.24) is 4.98 Å². The second-order valence-corrected chi connectivity index (χ2v) is 5.95. The predicted molar refractivity (Wildman–Crippen MR) is 104 cm³/mol. The Morgan fingerprint density at radius 1 is 1.00 bits per heavy atom. The number of carbonyl (C=O) groups is 1. The Labute approximate surface area is 153 Å². The first-order chi connectivity index (χ1) is 12.6. The molecule has 1 aromatic heterocycles. The van der Waals surface area contributed by atoms with Crippen molar-refractivity contribution in [3.63, 3.8) is 0 Å². The Hall–Kier alpha value is -3.34. The van der Waals surface area contributed by atoms with Crippen molar-refractivity contribution in [1.29, 1.82) is 0 Å². The zero-order chi connectivity index (χ0) is 18.4. The highest BCUT2D eigenvalue weighted by atomic mass is 16.5. The number of aryl methyl sites for hydroxylation is 1. The smallest absolute Gasteiger partial charge is 0.262 e. The van der Waals surface area contributed by atoms with E-state index in [0.29, 0.717) is 11.4 Å². The first-order valence-electron chi connectivity index (χ1n) is 8.39. The van der Waals surface area contributed by atoms with Crippen LogP contribution in [-0.2, 0) is 4.79 Å². The number of nitrogens with zero attached hydrogens (tertiary/aromatic N) is 1. The lowest BCUT2D eigenvalue weighted by atomic mass is 10.1. The van der Waals surface area contributed by atoms with Gasteiger partial charge in [0.05, 0.1) is 11.9 Å². The number of para-hydroxylation sites is 1. The molecule has 2 aromatic carbocycles. The Bertz CT molecular complexity index is 878. The van der Waals surface area contributed by atoms with Crippen molar-refractivity contribution in [2.75, 3.05) is 17.2 Å². The summed E-state index contributed by atoms with van der Waals surface area (Å²) in [5.74, 6) is 1.15. The summed E-state index contributed by atoms with van der Waals surface area (Å²) in [4.78, 5) is 16.3. The van der Waals surface area contributed by atoms with Crippen LogP contribution in [0.25, 0.3) is 0 Å². The second kappa shape index (κ2) is 8.16. The molecular weight excluding hydrogens is 326 g/mol. The number of hydrogen-bond acceptors (Lipinski definition) is 4. The highest BCUT2D eigenvalue weighted by Crippen LogP contribution is 2.22. The predicted octanol–water partition coefficient (Wildman–Crippen LogP) is 4.46. The average Bonchev–Trinajstić information content (AvgIpc) is 2.66. The first-order valence-corrected chi connectivity index (χ1v) is 8.39. The highest BCUT2D eigenvalue weighted by molar-refractivity contribution is 5.91. The van der Waals surface area contributed by atoms with Crippen LogP contribution >= 0.6 is 0 Å². The van der Waals surface area contributed by atoms with E-state index in [1.54, 1.807) is 12.3 Å². The van der Waals surface area contributed by atoms with E-state index in [0.717, 1.165) is 11.5 Å². The highest BCUT2D eigenvalue weighted by Gasteiger charge is 2.05. The third kappa shape index (κ3) is 4.60. The van der Waals surface area contributed by atoms with E-state index in [1.165, 1.54) is 11.1 Å². The Kier molecular flexibility index (Phi) is 5.49. The maximum atomic E-state index is 12.0. The molecule has 1 heterocycles. The topological polar surface area (TPSA) is 63.2 Å². The molecule has 1 amide bonds. The van der Waals surface area contributed by atoms with Gasteiger partial charge in [-0.15, -0.1) is 0 Å². The zero-order valence-corrected chi connectivity index (χ0v) is 14.8. The van der Waals surface area contributed by atoms with Crippen LogP contribution in [0.4, 0.5) is 17.2 Å². The number of amides is 1. The van der Waals surface area contributed by atoms with Crippen LogP contribution in [0, 0.1) is 13.8 Å². The second-order valence-electron chi connectivity index (χ2n) is 5.95. The molecule has 0 fully saturated rings. The number of nitrogens with one attached hydrogen (secondary N) is 2. The summed E-state index contributed by atoms with van der Waals surface area (Å²) in [5, 5.41) is 6.06. The minimum absolute atomic E-state index is 0.0491. The van der Waals surface area contributed by atoms with E-state index in [-0.39, 0.29) is 12.5 Å². The first kappa shape index (κ1) is 17.5. The lowest BCUT2D eigenvalue weighted by molar-refractivity contribution is -0.118. The van der Waals surface area contributed by atoms with E-state index in [1.807, 2.05) is 48.5 Å². The monoisotopic (exact) mass is 347 g/mol. The molecule has 26 heavy (non-hydrogen) atoms. The number of hydrogen-bond donors (Lipinski definition) is 2. The van der Waals surface area contributed by atoms with Crippen molar-refractivity contribution in [3.8, 4) is 5.75 Å². The molecule has 0 saturated carbocycles. The number of pyridine rings is 1. The molecule has 0 aliphatic carbocycles.